The van der Waals surface area contributed by atoms with Gasteiger partial charge in [-0.1, -0.05) is 59.9 Å². The second-order valence-corrected chi connectivity index (χ2v) is 4.23. The summed E-state index contributed by atoms with van der Waals surface area (Å²) in [4.78, 5) is 11.7. The first kappa shape index (κ1) is 13.0. The average molecular weight is 252 g/mol. The number of carbonyl (C=O) groups is 1. The lowest BCUT2D eigenvalue weighted by molar-refractivity contribution is 0.0919. The van der Waals surface area contributed by atoms with E-state index < -0.39 is 12.0 Å². The van der Waals surface area contributed by atoms with Gasteiger partial charge in [0.15, 0.2) is 0 Å². The van der Waals surface area contributed by atoms with Gasteiger partial charge in [-0.15, -0.1) is 0 Å². The van der Waals surface area contributed by atoms with Crippen molar-refractivity contribution in [1.82, 2.24) is 0 Å². The molecule has 0 amide bonds. The van der Waals surface area contributed by atoms with Gasteiger partial charge in [-0.2, -0.15) is 0 Å². The van der Waals surface area contributed by atoms with Crippen LogP contribution in [0, 0.1) is 18.8 Å². The molecule has 0 spiro atoms. The van der Waals surface area contributed by atoms with Crippen LogP contribution in [-0.2, 0) is 0 Å². The molecule has 2 rings (SSSR count). The molecule has 0 N–H and O–H groups in total. The summed E-state index contributed by atoms with van der Waals surface area (Å²) in [5.74, 6) is 4.43. The summed E-state index contributed by atoms with van der Waals surface area (Å²) >= 11 is 0. The van der Waals surface area contributed by atoms with Crippen LogP contribution in [0.15, 0.2) is 54.6 Å². The van der Waals surface area contributed by atoms with Gasteiger partial charge in [0.05, 0.1) is 0 Å². The predicted octanol–water partition coefficient (Wildman–Crippen LogP) is 3.57. The SMILES string of the molecule is Cc1ccc(C#CC(F)C(=O)c2ccccc2)cc1. The molecule has 1 unspecified atom stereocenters. The molecule has 0 aliphatic heterocycles. The molecule has 0 aliphatic carbocycles. The molecule has 0 saturated carbocycles. The highest BCUT2D eigenvalue weighted by molar-refractivity contribution is 6.01. The zero-order chi connectivity index (χ0) is 13.7. The number of Topliss-reactive ketones (excluding diaryl/α,β-unsaturated/α-hetero) is 1. The molecule has 94 valence electrons. The van der Waals surface area contributed by atoms with Crippen molar-refractivity contribution in [2.45, 2.75) is 13.1 Å². The maximum Gasteiger partial charge on any atom is 0.223 e. The van der Waals surface area contributed by atoms with Gasteiger partial charge in [0.25, 0.3) is 0 Å². The lowest BCUT2D eigenvalue weighted by Crippen LogP contribution is -2.13. The van der Waals surface area contributed by atoms with Crippen LogP contribution in [0.3, 0.4) is 0 Å². The molecule has 2 aromatic carbocycles. The molecule has 0 bridgehead atoms. The fourth-order valence-corrected chi connectivity index (χ4v) is 1.60. The monoisotopic (exact) mass is 252 g/mol. The van der Waals surface area contributed by atoms with Gasteiger partial charge in [0.1, 0.15) is 0 Å². The Morgan fingerprint density at radius 2 is 1.68 bits per heavy atom. The summed E-state index contributed by atoms with van der Waals surface area (Å²) in [6.07, 6.45) is -1.79. The molecule has 2 aromatic rings. The van der Waals surface area contributed by atoms with E-state index in [9.17, 15) is 9.18 Å². The fraction of sp³-hybridized carbons (Fsp3) is 0.118. The summed E-state index contributed by atoms with van der Waals surface area (Å²) in [6, 6.07) is 15.8. The van der Waals surface area contributed by atoms with Gasteiger partial charge in [-0.3, -0.25) is 4.79 Å². The van der Waals surface area contributed by atoms with E-state index in [4.69, 9.17) is 0 Å². The zero-order valence-corrected chi connectivity index (χ0v) is 10.6. The Bertz CT molecular complexity index is 618. The highest BCUT2D eigenvalue weighted by atomic mass is 19.1. The number of aryl methyl sites for hydroxylation is 1. The Labute approximate surface area is 112 Å². The second-order valence-electron chi connectivity index (χ2n) is 4.23. The molecule has 0 fully saturated rings. The lowest BCUT2D eigenvalue weighted by atomic mass is 10.1. The smallest absolute Gasteiger partial charge is 0.223 e. The first-order valence-electron chi connectivity index (χ1n) is 5.98. The molecular formula is C17H13FO. The maximum absolute atomic E-state index is 13.7. The molecule has 0 heterocycles. The summed E-state index contributed by atoms with van der Waals surface area (Å²) in [6.45, 7) is 1.97. The van der Waals surface area contributed by atoms with Gasteiger partial charge in [0, 0.05) is 11.1 Å². The third-order valence-electron chi connectivity index (χ3n) is 2.68. The van der Waals surface area contributed by atoms with Crippen LogP contribution in [0.25, 0.3) is 0 Å². The summed E-state index contributed by atoms with van der Waals surface area (Å²) in [7, 11) is 0. The quantitative estimate of drug-likeness (QED) is 0.590. The van der Waals surface area contributed by atoms with Crippen molar-refractivity contribution in [1.29, 1.82) is 0 Å². The number of hydrogen-bond donors (Lipinski definition) is 0. The molecule has 1 nitrogen and oxygen atoms in total. The highest BCUT2D eigenvalue weighted by Gasteiger charge is 2.15. The minimum absolute atomic E-state index is 0.341. The van der Waals surface area contributed by atoms with E-state index >= 15 is 0 Å². The Balaban J connectivity index is 2.12. The van der Waals surface area contributed by atoms with Gasteiger partial charge >= 0.3 is 0 Å². The zero-order valence-electron chi connectivity index (χ0n) is 10.6. The van der Waals surface area contributed by atoms with E-state index in [0.717, 1.165) is 5.56 Å². The topological polar surface area (TPSA) is 17.1 Å². The Hall–Kier alpha value is -2.40. The van der Waals surface area contributed by atoms with Crippen LogP contribution in [0.5, 0.6) is 0 Å². The Kier molecular flexibility index (Phi) is 4.10. The van der Waals surface area contributed by atoms with Crippen LogP contribution in [0.2, 0.25) is 0 Å². The number of halogens is 1. The van der Waals surface area contributed by atoms with Crippen LogP contribution >= 0.6 is 0 Å². The van der Waals surface area contributed by atoms with Crippen molar-refractivity contribution in [3.05, 3.63) is 71.3 Å². The third-order valence-corrected chi connectivity index (χ3v) is 2.68. The van der Waals surface area contributed by atoms with E-state index in [1.54, 1.807) is 30.3 Å². The van der Waals surface area contributed by atoms with Crippen molar-refractivity contribution in [2.75, 3.05) is 0 Å². The van der Waals surface area contributed by atoms with Crippen molar-refractivity contribution >= 4 is 5.78 Å². The number of rotatable bonds is 2. The van der Waals surface area contributed by atoms with Gasteiger partial charge in [-0.25, -0.2) is 4.39 Å². The van der Waals surface area contributed by atoms with Crippen molar-refractivity contribution in [3.63, 3.8) is 0 Å². The Morgan fingerprint density at radius 1 is 1.05 bits per heavy atom. The highest BCUT2D eigenvalue weighted by Crippen LogP contribution is 2.06. The van der Waals surface area contributed by atoms with E-state index in [1.165, 1.54) is 0 Å². The maximum atomic E-state index is 13.7. The van der Waals surface area contributed by atoms with Crippen LogP contribution < -0.4 is 0 Å². The fourth-order valence-electron chi connectivity index (χ4n) is 1.60. The normalized spacial score (nSPS) is 11.3. The van der Waals surface area contributed by atoms with Gasteiger partial charge in [0.2, 0.25) is 12.0 Å². The van der Waals surface area contributed by atoms with Crippen molar-refractivity contribution in [3.8, 4) is 11.8 Å². The second kappa shape index (κ2) is 5.97. The van der Waals surface area contributed by atoms with Crippen LogP contribution in [-0.4, -0.2) is 12.0 Å². The van der Waals surface area contributed by atoms with Crippen LogP contribution in [0.1, 0.15) is 21.5 Å². The standard InChI is InChI=1S/C17H13FO/c1-13-7-9-14(10-8-13)11-12-16(18)17(19)15-5-3-2-4-6-15/h2-10,16H,1H3. The number of carbonyl (C=O) groups excluding carboxylic acids is 1. The molecule has 0 saturated heterocycles. The summed E-state index contributed by atoms with van der Waals surface area (Å²) in [5.41, 5.74) is 2.16. The number of hydrogen-bond acceptors (Lipinski definition) is 1. The minimum atomic E-state index is -1.79. The molecule has 19 heavy (non-hydrogen) atoms. The van der Waals surface area contributed by atoms with Gasteiger partial charge < -0.3 is 0 Å². The van der Waals surface area contributed by atoms with E-state index in [-0.39, 0.29) is 0 Å². The van der Waals surface area contributed by atoms with E-state index in [1.807, 2.05) is 31.2 Å². The van der Waals surface area contributed by atoms with E-state index in [2.05, 4.69) is 11.8 Å². The lowest BCUT2D eigenvalue weighted by Gasteiger charge is -1.99. The molecule has 2 heteroatoms. The number of alkyl halides is 1. The molecule has 0 aromatic heterocycles. The first-order chi connectivity index (χ1) is 9.16. The van der Waals surface area contributed by atoms with Gasteiger partial charge in [-0.05, 0) is 19.1 Å². The molecule has 1 atom stereocenters. The third kappa shape index (κ3) is 3.53. The molecule has 0 aliphatic rings. The first-order valence-corrected chi connectivity index (χ1v) is 5.98. The Morgan fingerprint density at radius 3 is 2.32 bits per heavy atom. The van der Waals surface area contributed by atoms with Crippen molar-refractivity contribution < 1.29 is 9.18 Å². The summed E-state index contributed by atoms with van der Waals surface area (Å²) in [5, 5.41) is 0. The van der Waals surface area contributed by atoms with Crippen molar-refractivity contribution in [2.24, 2.45) is 0 Å². The average Bonchev–Trinajstić information content (AvgIpc) is 2.46. The minimum Gasteiger partial charge on any atom is -0.290 e. The largest absolute Gasteiger partial charge is 0.290 e. The number of benzene rings is 2. The predicted molar refractivity (Wildman–Crippen MR) is 73.7 cm³/mol. The van der Waals surface area contributed by atoms with Crippen LogP contribution in [0.4, 0.5) is 4.39 Å². The summed E-state index contributed by atoms with van der Waals surface area (Å²) < 4.78 is 13.7. The molecule has 0 radical (unpaired) electrons. The molecular weight excluding hydrogens is 239 g/mol. The van der Waals surface area contributed by atoms with E-state index in [0.29, 0.717) is 11.1 Å². The number of ketones is 1.